The Morgan fingerprint density at radius 3 is 2.71 bits per heavy atom. The predicted molar refractivity (Wildman–Crippen MR) is 94.9 cm³/mol. The average Bonchev–Trinajstić information content (AvgIpc) is 2.97. The molecule has 24 heavy (non-hydrogen) atoms. The van der Waals surface area contributed by atoms with Gasteiger partial charge in [-0.1, -0.05) is 35.0 Å². The first-order valence-corrected chi connectivity index (χ1v) is 8.77. The normalized spacial score (nSPS) is 18.2. The lowest BCUT2D eigenvalue weighted by Gasteiger charge is -2.28. The topological polar surface area (TPSA) is 45.4 Å². The van der Waals surface area contributed by atoms with Crippen LogP contribution in [0.1, 0.15) is 41.7 Å². The van der Waals surface area contributed by atoms with E-state index in [1.165, 1.54) is 37.1 Å². The molecule has 2 heterocycles. The highest BCUT2D eigenvalue weighted by molar-refractivity contribution is 5.28. The fourth-order valence-corrected chi connectivity index (χ4v) is 3.49. The van der Waals surface area contributed by atoms with Crippen LogP contribution in [0.15, 0.2) is 28.8 Å². The van der Waals surface area contributed by atoms with Crippen molar-refractivity contribution in [3.05, 3.63) is 47.1 Å². The zero-order valence-corrected chi connectivity index (χ0v) is 15.2. The number of aromatic nitrogens is 2. The number of benzene rings is 1. The van der Waals surface area contributed by atoms with Gasteiger partial charge in [-0.15, -0.1) is 0 Å². The van der Waals surface area contributed by atoms with Crippen LogP contribution in [0, 0.1) is 12.8 Å². The molecule has 0 amide bonds. The van der Waals surface area contributed by atoms with Crippen LogP contribution in [-0.4, -0.2) is 54.2 Å². The van der Waals surface area contributed by atoms with Gasteiger partial charge in [-0.3, -0.25) is 4.90 Å². The molecule has 1 aliphatic heterocycles. The molecule has 1 saturated heterocycles. The monoisotopic (exact) mass is 328 g/mol. The van der Waals surface area contributed by atoms with E-state index in [1.54, 1.807) is 0 Å². The van der Waals surface area contributed by atoms with Crippen molar-refractivity contribution in [3.63, 3.8) is 0 Å². The largest absolute Gasteiger partial charge is 0.337 e. The van der Waals surface area contributed by atoms with Crippen molar-refractivity contribution in [2.24, 2.45) is 5.92 Å². The molecule has 1 aromatic carbocycles. The van der Waals surface area contributed by atoms with E-state index in [-0.39, 0.29) is 6.04 Å². The lowest BCUT2D eigenvalue weighted by molar-refractivity contribution is 0.216. The molecule has 1 aromatic heterocycles. The Balaban J connectivity index is 1.74. The van der Waals surface area contributed by atoms with Gasteiger partial charge in [0, 0.05) is 6.42 Å². The summed E-state index contributed by atoms with van der Waals surface area (Å²) in [5, 5.41) is 4.25. The van der Waals surface area contributed by atoms with Crippen LogP contribution in [0.4, 0.5) is 0 Å². The van der Waals surface area contributed by atoms with Crippen LogP contribution in [-0.2, 0) is 6.42 Å². The Bertz CT molecular complexity index is 659. The third-order valence-corrected chi connectivity index (χ3v) is 4.90. The molecular formula is C19H28N4O. The maximum Gasteiger partial charge on any atom is 0.248 e. The summed E-state index contributed by atoms with van der Waals surface area (Å²) in [7, 11) is 6.29. The zero-order chi connectivity index (χ0) is 17.1. The quantitative estimate of drug-likeness (QED) is 0.844. The van der Waals surface area contributed by atoms with Crippen molar-refractivity contribution in [2.45, 2.75) is 32.2 Å². The molecule has 0 aliphatic carbocycles. The highest BCUT2D eigenvalue weighted by Gasteiger charge is 2.25. The summed E-state index contributed by atoms with van der Waals surface area (Å²) in [6.45, 7) is 4.44. The minimum absolute atomic E-state index is 0.00337. The van der Waals surface area contributed by atoms with E-state index < -0.39 is 0 Å². The van der Waals surface area contributed by atoms with Gasteiger partial charge < -0.3 is 9.42 Å². The number of hydrogen-bond acceptors (Lipinski definition) is 5. The Labute approximate surface area is 144 Å². The van der Waals surface area contributed by atoms with E-state index in [0.29, 0.717) is 11.8 Å². The number of nitrogens with zero attached hydrogens (tertiary/aromatic N) is 4. The van der Waals surface area contributed by atoms with Gasteiger partial charge in [-0.25, -0.2) is 0 Å². The Kier molecular flexibility index (Phi) is 5.31. The minimum Gasteiger partial charge on any atom is -0.337 e. The molecule has 3 rings (SSSR count). The molecule has 2 aromatic rings. The first-order chi connectivity index (χ1) is 11.5. The summed E-state index contributed by atoms with van der Waals surface area (Å²) in [4.78, 5) is 9.23. The highest BCUT2D eigenvalue weighted by Crippen LogP contribution is 2.27. The fourth-order valence-electron chi connectivity index (χ4n) is 3.49. The van der Waals surface area contributed by atoms with Gasteiger partial charge in [0.2, 0.25) is 5.89 Å². The summed E-state index contributed by atoms with van der Waals surface area (Å²) < 4.78 is 5.63. The van der Waals surface area contributed by atoms with Crippen LogP contribution in [0.25, 0.3) is 0 Å². The van der Waals surface area contributed by atoms with Crippen LogP contribution in [0.2, 0.25) is 0 Å². The van der Waals surface area contributed by atoms with E-state index in [9.17, 15) is 0 Å². The van der Waals surface area contributed by atoms with Crippen molar-refractivity contribution in [2.75, 3.05) is 34.2 Å². The van der Waals surface area contributed by atoms with Gasteiger partial charge in [0.05, 0.1) is 0 Å². The van der Waals surface area contributed by atoms with Crippen LogP contribution in [0.3, 0.4) is 0 Å². The van der Waals surface area contributed by atoms with Gasteiger partial charge in [0.15, 0.2) is 5.82 Å². The molecule has 1 aliphatic rings. The fraction of sp³-hybridized carbons (Fsp3) is 0.579. The summed E-state index contributed by atoms with van der Waals surface area (Å²) in [6, 6.07) is 8.50. The summed E-state index contributed by atoms with van der Waals surface area (Å²) in [5.74, 6) is 2.20. The Morgan fingerprint density at radius 1 is 1.29 bits per heavy atom. The van der Waals surface area contributed by atoms with Gasteiger partial charge in [0.25, 0.3) is 0 Å². The van der Waals surface area contributed by atoms with Crippen molar-refractivity contribution in [1.82, 2.24) is 19.9 Å². The third kappa shape index (κ3) is 4.02. The van der Waals surface area contributed by atoms with Crippen molar-refractivity contribution < 1.29 is 4.52 Å². The summed E-state index contributed by atoms with van der Waals surface area (Å²) in [5.41, 5.74) is 2.43. The highest BCUT2D eigenvalue weighted by atomic mass is 16.5. The molecule has 1 atom stereocenters. The standard InChI is InChI=1S/C19H28N4O/c1-14-6-5-7-16(12-14)18(22(2)3)19-20-17(21-24-19)13-15-8-10-23(4)11-9-15/h5-7,12,15,18H,8-11,13H2,1-4H3. The number of rotatable bonds is 5. The molecule has 1 unspecified atom stereocenters. The van der Waals surface area contributed by atoms with Gasteiger partial charge >= 0.3 is 0 Å². The number of piperidine rings is 1. The number of likely N-dealkylation sites (tertiary alicyclic amines) is 1. The van der Waals surface area contributed by atoms with Gasteiger partial charge in [-0.2, -0.15) is 4.98 Å². The van der Waals surface area contributed by atoms with Crippen LogP contribution < -0.4 is 0 Å². The SMILES string of the molecule is Cc1cccc(C(c2nc(CC3CCN(C)CC3)no2)N(C)C)c1. The second-order valence-corrected chi connectivity index (χ2v) is 7.28. The molecular weight excluding hydrogens is 300 g/mol. The van der Waals surface area contributed by atoms with Crippen LogP contribution in [0.5, 0.6) is 0 Å². The second-order valence-electron chi connectivity index (χ2n) is 7.28. The molecule has 0 bridgehead atoms. The molecule has 5 nitrogen and oxygen atoms in total. The molecule has 130 valence electrons. The zero-order valence-electron chi connectivity index (χ0n) is 15.2. The maximum absolute atomic E-state index is 5.63. The molecule has 0 radical (unpaired) electrons. The third-order valence-electron chi connectivity index (χ3n) is 4.90. The van der Waals surface area contributed by atoms with Gasteiger partial charge in [0.1, 0.15) is 6.04 Å². The van der Waals surface area contributed by atoms with Crippen molar-refractivity contribution in [3.8, 4) is 0 Å². The first kappa shape index (κ1) is 17.1. The van der Waals surface area contributed by atoms with E-state index in [0.717, 1.165) is 12.2 Å². The lowest BCUT2D eigenvalue weighted by atomic mass is 9.93. The lowest BCUT2D eigenvalue weighted by Crippen LogP contribution is -2.31. The molecule has 1 fully saturated rings. The maximum atomic E-state index is 5.63. The molecule has 5 heteroatoms. The van der Waals surface area contributed by atoms with E-state index >= 15 is 0 Å². The average molecular weight is 328 g/mol. The predicted octanol–water partition coefficient (Wildman–Crippen LogP) is 2.91. The van der Waals surface area contributed by atoms with Crippen molar-refractivity contribution >= 4 is 0 Å². The molecule has 0 spiro atoms. The summed E-state index contributed by atoms with van der Waals surface area (Å²) >= 11 is 0. The van der Waals surface area contributed by atoms with Gasteiger partial charge in [-0.05, 0) is 65.5 Å². The van der Waals surface area contributed by atoms with E-state index in [4.69, 9.17) is 9.51 Å². The number of aryl methyl sites for hydroxylation is 1. The minimum atomic E-state index is 0.00337. The molecule has 0 N–H and O–H groups in total. The smallest absolute Gasteiger partial charge is 0.248 e. The Hall–Kier alpha value is -1.72. The van der Waals surface area contributed by atoms with Crippen LogP contribution >= 0.6 is 0 Å². The molecule has 0 saturated carbocycles. The van der Waals surface area contributed by atoms with E-state index in [1.807, 2.05) is 14.1 Å². The van der Waals surface area contributed by atoms with Crippen molar-refractivity contribution in [1.29, 1.82) is 0 Å². The summed E-state index contributed by atoms with van der Waals surface area (Å²) in [6.07, 6.45) is 3.36. The number of hydrogen-bond donors (Lipinski definition) is 0. The first-order valence-electron chi connectivity index (χ1n) is 8.77. The second kappa shape index (κ2) is 7.45. The Morgan fingerprint density at radius 2 is 2.04 bits per heavy atom. The van der Waals surface area contributed by atoms with E-state index in [2.05, 4.69) is 53.2 Å².